The summed E-state index contributed by atoms with van der Waals surface area (Å²) in [5.74, 6) is 0.435. The molecule has 1 N–H and O–H groups in total. The molecule has 2 amide bonds. The third kappa shape index (κ3) is 3.48. The van der Waals surface area contributed by atoms with E-state index in [1.165, 1.54) is 28.6 Å². The number of carbonyl (C=O) groups excluding carboxylic acids is 2. The summed E-state index contributed by atoms with van der Waals surface area (Å²) in [6.45, 7) is 3.78. The Bertz CT molecular complexity index is 773. The SMILES string of the molecule is CCOC(=O)NC(=O)CSc1nc(C)nc2sc3c(c12)CCC3. The van der Waals surface area contributed by atoms with E-state index in [0.29, 0.717) is 5.82 Å². The van der Waals surface area contributed by atoms with Gasteiger partial charge < -0.3 is 4.74 Å². The number of ether oxygens (including phenoxy) is 1. The van der Waals surface area contributed by atoms with Crippen LogP contribution in [-0.2, 0) is 22.4 Å². The molecule has 2 aromatic heterocycles. The fraction of sp³-hybridized carbons (Fsp3) is 0.467. The number of hydrogen-bond acceptors (Lipinski definition) is 7. The van der Waals surface area contributed by atoms with Crippen LogP contribution in [0, 0.1) is 6.92 Å². The zero-order valence-corrected chi connectivity index (χ0v) is 14.6. The van der Waals surface area contributed by atoms with E-state index < -0.39 is 6.09 Å². The lowest BCUT2D eigenvalue weighted by atomic mass is 10.2. The van der Waals surface area contributed by atoms with Crippen LogP contribution < -0.4 is 5.32 Å². The van der Waals surface area contributed by atoms with Crippen LogP contribution in [0.15, 0.2) is 5.03 Å². The second-order valence-corrected chi connectivity index (χ2v) is 7.22. The molecule has 0 saturated heterocycles. The zero-order chi connectivity index (χ0) is 16.4. The summed E-state index contributed by atoms with van der Waals surface area (Å²) >= 11 is 3.07. The van der Waals surface area contributed by atoms with Crippen LogP contribution in [0.4, 0.5) is 4.79 Å². The van der Waals surface area contributed by atoms with E-state index in [1.54, 1.807) is 18.3 Å². The van der Waals surface area contributed by atoms with Crippen molar-refractivity contribution in [3.63, 3.8) is 0 Å². The largest absolute Gasteiger partial charge is 0.450 e. The maximum atomic E-state index is 11.8. The number of aromatic nitrogens is 2. The molecule has 0 radical (unpaired) electrons. The molecular formula is C15H17N3O3S2. The average Bonchev–Trinajstić information content (AvgIpc) is 3.04. The third-order valence-corrected chi connectivity index (χ3v) is 5.66. The normalized spacial score (nSPS) is 13.1. The van der Waals surface area contributed by atoms with Crippen LogP contribution in [0.5, 0.6) is 0 Å². The Hall–Kier alpha value is -1.67. The predicted molar refractivity (Wildman–Crippen MR) is 90.1 cm³/mol. The number of carbonyl (C=O) groups is 2. The minimum atomic E-state index is -0.710. The van der Waals surface area contributed by atoms with Gasteiger partial charge in [0.25, 0.3) is 0 Å². The van der Waals surface area contributed by atoms with Crippen molar-refractivity contribution in [3.8, 4) is 0 Å². The predicted octanol–water partition coefficient (Wildman–Crippen LogP) is 2.85. The first-order chi connectivity index (χ1) is 11.1. The molecule has 0 aliphatic heterocycles. The van der Waals surface area contributed by atoms with Crippen molar-refractivity contribution < 1.29 is 14.3 Å². The van der Waals surface area contributed by atoms with Gasteiger partial charge in [0.05, 0.1) is 12.4 Å². The van der Waals surface area contributed by atoms with Gasteiger partial charge in [0.2, 0.25) is 5.91 Å². The summed E-state index contributed by atoms with van der Waals surface area (Å²) < 4.78 is 4.70. The highest BCUT2D eigenvalue weighted by Crippen LogP contribution is 2.40. The molecule has 0 unspecified atom stereocenters. The summed E-state index contributed by atoms with van der Waals surface area (Å²) in [5, 5.41) is 4.11. The van der Waals surface area contributed by atoms with Gasteiger partial charge in [-0.1, -0.05) is 11.8 Å². The molecule has 3 rings (SSSR count). The summed E-state index contributed by atoms with van der Waals surface area (Å²) in [6, 6.07) is 0. The van der Waals surface area contributed by atoms with Crippen LogP contribution in [-0.4, -0.2) is 34.3 Å². The Balaban J connectivity index is 1.77. The van der Waals surface area contributed by atoms with Crippen molar-refractivity contribution in [2.24, 2.45) is 0 Å². The lowest BCUT2D eigenvalue weighted by Gasteiger charge is -2.06. The van der Waals surface area contributed by atoms with E-state index in [0.717, 1.165) is 28.1 Å². The van der Waals surface area contributed by atoms with Crippen molar-refractivity contribution in [2.45, 2.75) is 38.1 Å². The van der Waals surface area contributed by atoms with Crippen LogP contribution in [0.1, 0.15) is 29.6 Å². The molecule has 2 aromatic rings. The minimum Gasteiger partial charge on any atom is -0.450 e. The van der Waals surface area contributed by atoms with E-state index in [2.05, 4.69) is 15.3 Å². The molecule has 0 aromatic carbocycles. The fourth-order valence-corrected chi connectivity index (χ4v) is 4.89. The van der Waals surface area contributed by atoms with Gasteiger partial charge in [-0.2, -0.15) is 0 Å². The number of alkyl carbamates (subject to hydrolysis) is 1. The highest BCUT2D eigenvalue weighted by atomic mass is 32.2. The van der Waals surface area contributed by atoms with Crippen molar-refractivity contribution >= 4 is 45.3 Å². The van der Waals surface area contributed by atoms with Crippen LogP contribution in [0.3, 0.4) is 0 Å². The maximum absolute atomic E-state index is 11.8. The number of rotatable bonds is 4. The first kappa shape index (κ1) is 16.2. The quantitative estimate of drug-likeness (QED) is 0.674. The van der Waals surface area contributed by atoms with E-state index in [4.69, 9.17) is 4.74 Å². The Morgan fingerprint density at radius 2 is 2.17 bits per heavy atom. The van der Waals surface area contributed by atoms with E-state index in [-0.39, 0.29) is 18.3 Å². The van der Waals surface area contributed by atoms with E-state index in [1.807, 2.05) is 6.92 Å². The summed E-state index contributed by atoms with van der Waals surface area (Å²) in [7, 11) is 0. The van der Waals surface area contributed by atoms with Gasteiger partial charge in [-0.3, -0.25) is 10.1 Å². The Kier molecular flexibility index (Phi) is 4.82. The molecule has 122 valence electrons. The number of hydrogen-bond donors (Lipinski definition) is 1. The van der Waals surface area contributed by atoms with Crippen molar-refractivity contribution in [1.29, 1.82) is 0 Å². The average molecular weight is 351 g/mol. The smallest absolute Gasteiger partial charge is 0.413 e. The highest BCUT2D eigenvalue weighted by Gasteiger charge is 2.22. The molecule has 6 nitrogen and oxygen atoms in total. The van der Waals surface area contributed by atoms with Gasteiger partial charge in [0.1, 0.15) is 15.7 Å². The molecular weight excluding hydrogens is 334 g/mol. The number of thioether (sulfide) groups is 1. The Labute approximate surface area is 142 Å². The molecule has 0 atom stereocenters. The Morgan fingerprint density at radius 1 is 1.35 bits per heavy atom. The molecule has 0 fully saturated rings. The van der Waals surface area contributed by atoms with Crippen LogP contribution in [0.25, 0.3) is 10.2 Å². The molecule has 2 heterocycles. The minimum absolute atomic E-state index is 0.120. The van der Waals surface area contributed by atoms with E-state index in [9.17, 15) is 9.59 Å². The Morgan fingerprint density at radius 3 is 2.96 bits per heavy atom. The summed E-state index contributed by atoms with van der Waals surface area (Å²) in [6.07, 6.45) is 2.60. The first-order valence-corrected chi connectivity index (χ1v) is 9.27. The topological polar surface area (TPSA) is 81.2 Å². The molecule has 1 aliphatic carbocycles. The fourth-order valence-electron chi connectivity index (χ4n) is 2.62. The van der Waals surface area contributed by atoms with Gasteiger partial charge >= 0.3 is 6.09 Å². The lowest BCUT2D eigenvalue weighted by Crippen LogP contribution is -2.32. The third-order valence-electron chi connectivity index (χ3n) is 3.50. The molecule has 1 aliphatic rings. The second-order valence-electron chi connectivity index (χ2n) is 5.17. The molecule has 0 bridgehead atoms. The standard InChI is InChI=1S/C15H17N3O3S2/c1-3-21-15(20)18-11(19)7-22-13-12-9-5-4-6-10(9)23-14(12)17-8(2)16-13/h3-7H2,1-2H3,(H,18,19,20). The molecule has 8 heteroatoms. The first-order valence-electron chi connectivity index (χ1n) is 7.46. The number of fused-ring (bicyclic) bond motifs is 3. The van der Waals surface area contributed by atoms with Crippen LogP contribution in [0.2, 0.25) is 0 Å². The van der Waals surface area contributed by atoms with Gasteiger partial charge in [0, 0.05) is 10.3 Å². The molecule has 0 saturated carbocycles. The molecule has 23 heavy (non-hydrogen) atoms. The maximum Gasteiger partial charge on any atom is 0.413 e. The van der Waals surface area contributed by atoms with E-state index >= 15 is 0 Å². The molecule has 0 spiro atoms. The van der Waals surface area contributed by atoms with Gasteiger partial charge in [-0.15, -0.1) is 11.3 Å². The van der Waals surface area contributed by atoms with Gasteiger partial charge in [-0.05, 0) is 38.7 Å². The second kappa shape index (κ2) is 6.84. The van der Waals surface area contributed by atoms with Crippen molar-refractivity contribution in [2.75, 3.05) is 12.4 Å². The summed E-state index contributed by atoms with van der Waals surface area (Å²) in [5.41, 5.74) is 1.33. The van der Waals surface area contributed by atoms with Gasteiger partial charge in [-0.25, -0.2) is 14.8 Å². The number of thiophene rings is 1. The lowest BCUT2D eigenvalue weighted by molar-refractivity contribution is -0.117. The number of aryl methyl sites for hydroxylation is 3. The zero-order valence-electron chi connectivity index (χ0n) is 13.0. The van der Waals surface area contributed by atoms with Crippen molar-refractivity contribution in [3.05, 3.63) is 16.3 Å². The number of imide groups is 1. The van der Waals surface area contributed by atoms with Crippen molar-refractivity contribution in [1.82, 2.24) is 15.3 Å². The van der Waals surface area contributed by atoms with Crippen LogP contribution >= 0.6 is 23.1 Å². The summed E-state index contributed by atoms with van der Waals surface area (Å²) in [4.78, 5) is 34.5. The monoisotopic (exact) mass is 351 g/mol. The highest BCUT2D eigenvalue weighted by molar-refractivity contribution is 8.00. The van der Waals surface area contributed by atoms with Gasteiger partial charge in [0.15, 0.2) is 0 Å². The number of amides is 2. The number of nitrogens with zero attached hydrogens (tertiary/aromatic N) is 2. The number of nitrogens with one attached hydrogen (secondary N) is 1.